The molecule has 1 aromatic heterocycles. The van der Waals surface area contributed by atoms with Crippen molar-refractivity contribution in [1.29, 1.82) is 5.26 Å². The second kappa shape index (κ2) is 5.73. The standard InChI is InChI=1S/C18H21N3/c1-13-10-14(2)21(20-13)18-11-16(8-9-17(18)12-19)15-6-4-3-5-7-15/h3-7,10,16-18H,8-9,11H2,1-2H3. The Morgan fingerprint density at radius 1 is 1.19 bits per heavy atom. The average Bonchev–Trinajstić information content (AvgIpc) is 2.86. The highest BCUT2D eigenvalue weighted by atomic mass is 15.3. The van der Waals surface area contributed by atoms with Gasteiger partial charge in [-0.25, -0.2) is 0 Å². The van der Waals surface area contributed by atoms with E-state index >= 15 is 0 Å². The minimum Gasteiger partial charge on any atom is -0.265 e. The zero-order chi connectivity index (χ0) is 14.8. The third-order valence-corrected chi connectivity index (χ3v) is 4.61. The van der Waals surface area contributed by atoms with Crippen LogP contribution in [0.2, 0.25) is 0 Å². The van der Waals surface area contributed by atoms with Crippen molar-refractivity contribution in [2.45, 2.75) is 45.1 Å². The van der Waals surface area contributed by atoms with Crippen LogP contribution in [0, 0.1) is 31.1 Å². The number of hydrogen-bond acceptors (Lipinski definition) is 2. The lowest BCUT2D eigenvalue weighted by Crippen LogP contribution is -2.27. The van der Waals surface area contributed by atoms with E-state index in [0.717, 1.165) is 30.7 Å². The normalized spacial score (nSPS) is 25.5. The SMILES string of the molecule is Cc1cc(C)n(C2CC(c3ccccc3)CCC2C#N)n1. The van der Waals surface area contributed by atoms with Crippen LogP contribution in [0.1, 0.15) is 48.2 Å². The Kier molecular flexibility index (Phi) is 3.79. The van der Waals surface area contributed by atoms with Crippen LogP contribution < -0.4 is 0 Å². The fraction of sp³-hybridized carbons (Fsp3) is 0.444. The number of nitrogens with zero attached hydrogens (tertiary/aromatic N) is 3. The molecule has 0 aliphatic heterocycles. The van der Waals surface area contributed by atoms with Gasteiger partial charge in [-0.1, -0.05) is 30.3 Å². The Hall–Kier alpha value is -2.08. The molecule has 1 aromatic carbocycles. The fourth-order valence-corrected chi connectivity index (χ4v) is 3.58. The smallest absolute Gasteiger partial charge is 0.0688 e. The van der Waals surface area contributed by atoms with Gasteiger partial charge in [0.15, 0.2) is 0 Å². The Bertz CT molecular complexity index is 651. The van der Waals surface area contributed by atoms with E-state index in [0.29, 0.717) is 5.92 Å². The van der Waals surface area contributed by atoms with Crippen LogP contribution in [0.25, 0.3) is 0 Å². The van der Waals surface area contributed by atoms with Gasteiger partial charge in [-0.15, -0.1) is 0 Å². The molecule has 0 saturated heterocycles. The predicted octanol–water partition coefficient (Wildman–Crippen LogP) is 4.15. The summed E-state index contributed by atoms with van der Waals surface area (Å²) in [5.74, 6) is 0.604. The van der Waals surface area contributed by atoms with E-state index in [1.165, 1.54) is 5.56 Å². The molecule has 0 N–H and O–H groups in total. The molecule has 1 fully saturated rings. The number of nitriles is 1. The van der Waals surface area contributed by atoms with Gasteiger partial charge >= 0.3 is 0 Å². The van der Waals surface area contributed by atoms with Crippen molar-refractivity contribution in [3.8, 4) is 6.07 Å². The van der Waals surface area contributed by atoms with E-state index in [2.05, 4.69) is 59.2 Å². The molecule has 1 saturated carbocycles. The average molecular weight is 279 g/mol. The summed E-state index contributed by atoms with van der Waals surface area (Å²) in [6.07, 6.45) is 3.06. The highest BCUT2D eigenvalue weighted by Crippen LogP contribution is 2.42. The first-order valence-corrected chi connectivity index (χ1v) is 7.66. The number of rotatable bonds is 2. The van der Waals surface area contributed by atoms with Crippen LogP contribution in [0.3, 0.4) is 0 Å². The third kappa shape index (κ3) is 2.71. The minimum absolute atomic E-state index is 0.0722. The molecule has 0 amide bonds. The quantitative estimate of drug-likeness (QED) is 0.828. The molecule has 3 rings (SSSR count). The first-order valence-electron chi connectivity index (χ1n) is 7.66. The molecule has 2 aromatic rings. The van der Waals surface area contributed by atoms with Crippen LogP contribution in [-0.2, 0) is 0 Å². The molecule has 0 spiro atoms. The Morgan fingerprint density at radius 2 is 1.95 bits per heavy atom. The molecular formula is C18H21N3. The van der Waals surface area contributed by atoms with Crippen LogP contribution in [0.4, 0.5) is 0 Å². The summed E-state index contributed by atoms with van der Waals surface area (Å²) in [5, 5.41) is 14.1. The minimum atomic E-state index is 0.0722. The predicted molar refractivity (Wildman–Crippen MR) is 82.9 cm³/mol. The largest absolute Gasteiger partial charge is 0.265 e. The molecule has 3 atom stereocenters. The van der Waals surface area contributed by atoms with Crippen molar-refractivity contribution in [2.75, 3.05) is 0 Å². The number of benzene rings is 1. The molecular weight excluding hydrogens is 258 g/mol. The summed E-state index contributed by atoms with van der Waals surface area (Å²) in [6.45, 7) is 4.10. The second-order valence-electron chi connectivity index (χ2n) is 6.10. The molecule has 1 aliphatic rings. The second-order valence-corrected chi connectivity index (χ2v) is 6.10. The van der Waals surface area contributed by atoms with Gasteiger partial charge in [-0.3, -0.25) is 4.68 Å². The van der Waals surface area contributed by atoms with Crippen molar-refractivity contribution in [3.63, 3.8) is 0 Å². The van der Waals surface area contributed by atoms with E-state index in [1.807, 2.05) is 6.92 Å². The van der Waals surface area contributed by atoms with Crippen LogP contribution in [0.5, 0.6) is 0 Å². The molecule has 0 radical (unpaired) electrons. The fourth-order valence-electron chi connectivity index (χ4n) is 3.58. The molecule has 1 aliphatic carbocycles. The van der Waals surface area contributed by atoms with E-state index in [1.54, 1.807) is 0 Å². The van der Waals surface area contributed by atoms with E-state index < -0.39 is 0 Å². The summed E-state index contributed by atoms with van der Waals surface area (Å²) >= 11 is 0. The van der Waals surface area contributed by atoms with Gasteiger partial charge in [-0.2, -0.15) is 10.4 Å². The number of aromatic nitrogens is 2. The van der Waals surface area contributed by atoms with Gasteiger partial charge in [0.1, 0.15) is 0 Å². The number of hydrogen-bond donors (Lipinski definition) is 0. The van der Waals surface area contributed by atoms with Gasteiger partial charge in [-0.05, 0) is 50.7 Å². The zero-order valence-electron chi connectivity index (χ0n) is 12.7. The summed E-state index contributed by atoms with van der Waals surface area (Å²) in [6, 6.07) is 15.5. The summed E-state index contributed by atoms with van der Waals surface area (Å²) < 4.78 is 2.08. The summed E-state index contributed by atoms with van der Waals surface area (Å²) in [4.78, 5) is 0. The maximum Gasteiger partial charge on any atom is 0.0688 e. The van der Waals surface area contributed by atoms with Crippen LogP contribution in [0.15, 0.2) is 36.4 Å². The van der Waals surface area contributed by atoms with Crippen molar-refractivity contribution in [2.24, 2.45) is 5.92 Å². The maximum absolute atomic E-state index is 9.49. The molecule has 1 heterocycles. The Balaban J connectivity index is 1.89. The van der Waals surface area contributed by atoms with Gasteiger partial charge in [0.2, 0.25) is 0 Å². The molecule has 3 nitrogen and oxygen atoms in total. The Morgan fingerprint density at radius 3 is 2.57 bits per heavy atom. The molecule has 3 heteroatoms. The highest BCUT2D eigenvalue weighted by Gasteiger charge is 2.33. The highest BCUT2D eigenvalue weighted by molar-refractivity contribution is 5.21. The first kappa shape index (κ1) is 13.9. The van der Waals surface area contributed by atoms with Crippen molar-refractivity contribution >= 4 is 0 Å². The van der Waals surface area contributed by atoms with E-state index in [9.17, 15) is 5.26 Å². The van der Waals surface area contributed by atoms with Crippen LogP contribution in [-0.4, -0.2) is 9.78 Å². The molecule has 3 unspecified atom stereocenters. The third-order valence-electron chi connectivity index (χ3n) is 4.61. The van der Waals surface area contributed by atoms with Crippen molar-refractivity contribution in [3.05, 3.63) is 53.3 Å². The topological polar surface area (TPSA) is 41.6 Å². The monoisotopic (exact) mass is 279 g/mol. The molecule has 108 valence electrons. The van der Waals surface area contributed by atoms with Crippen molar-refractivity contribution < 1.29 is 0 Å². The van der Waals surface area contributed by atoms with Crippen LogP contribution >= 0.6 is 0 Å². The summed E-state index contributed by atoms with van der Waals surface area (Å²) in [7, 11) is 0. The summed E-state index contributed by atoms with van der Waals surface area (Å²) in [5.41, 5.74) is 3.58. The van der Waals surface area contributed by atoms with Gasteiger partial charge in [0.05, 0.1) is 23.7 Å². The van der Waals surface area contributed by atoms with E-state index in [-0.39, 0.29) is 12.0 Å². The zero-order valence-corrected chi connectivity index (χ0v) is 12.7. The molecule has 0 bridgehead atoms. The molecule has 21 heavy (non-hydrogen) atoms. The lowest BCUT2D eigenvalue weighted by molar-refractivity contribution is 0.242. The Labute approximate surface area is 126 Å². The lowest BCUT2D eigenvalue weighted by atomic mass is 9.76. The number of aryl methyl sites for hydroxylation is 2. The first-order chi connectivity index (χ1) is 10.2. The van der Waals surface area contributed by atoms with E-state index in [4.69, 9.17) is 0 Å². The van der Waals surface area contributed by atoms with Crippen molar-refractivity contribution in [1.82, 2.24) is 9.78 Å². The maximum atomic E-state index is 9.49. The van der Waals surface area contributed by atoms with Gasteiger partial charge < -0.3 is 0 Å². The van der Waals surface area contributed by atoms with Gasteiger partial charge in [0, 0.05) is 5.69 Å². The van der Waals surface area contributed by atoms with Gasteiger partial charge in [0.25, 0.3) is 0 Å². The lowest BCUT2D eigenvalue weighted by Gasteiger charge is -2.33.